The Balaban J connectivity index is 2.70. The van der Waals surface area contributed by atoms with Crippen molar-refractivity contribution in [1.29, 1.82) is 0 Å². The monoisotopic (exact) mass is 181 g/mol. The molecule has 0 N–H and O–H groups in total. The fourth-order valence-electron chi connectivity index (χ4n) is 0.836. The van der Waals surface area contributed by atoms with Crippen molar-refractivity contribution < 1.29 is 4.92 Å². The Morgan fingerprint density at radius 1 is 1.58 bits per heavy atom. The summed E-state index contributed by atoms with van der Waals surface area (Å²) in [6, 6.07) is 3.40. The predicted octanol–water partition coefficient (Wildman–Crippen LogP) is 1.60. The first-order chi connectivity index (χ1) is 5.77. The molecule has 0 aliphatic heterocycles. The molecule has 0 radical (unpaired) electrons. The van der Waals surface area contributed by atoms with E-state index in [2.05, 4.69) is 9.97 Å². The van der Waals surface area contributed by atoms with Crippen molar-refractivity contribution in [2.24, 2.45) is 0 Å². The fraction of sp³-hybridized carbons (Fsp3) is 0. The Morgan fingerprint density at radius 3 is 3.08 bits per heavy atom. The molecule has 0 aliphatic rings. The summed E-state index contributed by atoms with van der Waals surface area (Å²) in [6.45, 7) is 0. The lowest BCUT2D eigenvalue weighted by atomic mass is 10.5. The molecular formula is C6H3N3O2S. The lowest BCUT2D eigenvalue weighted by Crippen LogP contribution is -1.84. The molecule has 0 aliphatic carbocycles. The van der Waals surface area contributed by atoms with Crippen molar-refractivity contribution in [3.05, 3.63) is 28.4 Å². The molecule has 2 aromatic rings. The molecule has 12 heavy (non-hydrogen) atoms. The van der Waals surface area contributed by atoms with E-state index in [0.717, 1.165) is 11.3 Å². The molecule has 0 amide bonds. The molecule has 0 spiro atoms. The van der Waals surface area contributed by atoms with Gasteiger partial charge in [0, 0.05) is 6.20 Å². The minimum atomic E-state index is -0.508. The van der Waals surface area contributed by atoms with Gasteiger partial charge in [0.1, 0.15) is 0 Å². The number of nitro groups is 1. The van der Waals surface area contributed by atoms with Crippen LogP contribution in [0.2, 0.25) is 0 Å². The number of fused-ring (bicyclic) bond motifs is 1. The summed E-state index contributed by atoms with van der Waals surface area (Å²) >= 11 is 0.984. The molecule has 0 bridgehead atoms. The van der Waals surface area contributed by atoms with Crippen molar-refractivity contribution >= 4 is 26.8 Å². The van der Waals surface area contributed by atoms with Gasteiger partial charge in [-0.15, -0.1) is 0 Å². The second-order valence-electron chi connectivity index (χ2n) is 2.08. The highest BCUT2D eigenvalue weighted by molar-refractivity contribution is 7.21. The minimum Gasteiger partial charge on any atom is -0.357 e. The molecule has 0 aromatic carbocycles. The topological polar surface area (TPSA) is 68.9 Å². The molecule has 0 saturated carbocycles. The van der Waals surface area contributed by atoms with E-state index in [1.54, 1.807) is 18.3 Å². The highest BCUT2D eigenvalue weighted by atomic mass is 32.1. The first kappa shape index (κ1) is 7.11. The summed E-state index contributed by atoms with van der Waals surface area (Å²) in [6.07, 6.45) is 1.59. The molecule has 2 rings (SSSR count). The van der Waals surface area contributed by atoms with E-state index in [0.29, 0.717) is 10.3 Å². The number of hydrogen-bond donors (Lipinski definition) is 0. The molecule has 0 unspecified atom stereocenters. The van der Waals surface area contributed by atoms with Crippen LogP contribution in [0.3, 0.4) is 0 Å². The maximum absolute atomic E-state index is 10.3. The minimum absolute atomic E-state index is 0.108. The third kappa shape index (κ3) is 1.02. The number of rotatable bonds is 1. The van der Waals surface area contributed by atoms with Gasteiger partial charge >= 0.3 is 5.13 Å². The van der Waals surface area contributed by atoms with Crippen LogP contribution in [-0.4, -0.2) is 14.9 Å². The van der Waals surface area contributed by atoms with Crippen LogP contribution in [0.4, 0.5) is 5.13 Å². The zero-order valence-electron chi connectivity index (χ0n) is 5.80. The largest absolute Gasteiger partial charge is 0.425 e. The van der Waals surface area contributed by atoms with E-state index < -0.39 is 4.92 Å². The zero-order valence-corrected chi connectivity index (χ0v) is 6.61. The molecule has 6 heteroatoms. The van der Waals surface area contributed by atoms with Crippen LogP contribution in [0.25, 0.3) is 10.3 Å². The fourth-order valence-corrected chi connectivity index (χ4v) is 1.56. The first-order valence-electron chi connectivity index (χ1n) is 3.13. The highest BCUT2D eigenvalue weighted by Crippen LogP contribution is 2.24. The van der Waals surface area contributed by atoms with E-state index in [-0.39, 0.29) is 5.13 Å². The molecule has 0 fully saturated rings. The maximum Gasteiger partial charge on any atom is 0.425 e. The predicted molar refractivity (Wildman–Crippen MR) is 44.1 cm³/mol. The number of pyridine rings is 1. The van der Waals surface area contributed by atoms with Gasteiger partial charge in [-0.05, 0) is 33.4 Å². The number of nitrogens with zero attached hydrogens (tertiary/aromatic N) is 3. The third-order valence-electron chi connectivity index (χ3n) is 1.31. The standard InChI is InChI=1S/C6H3N3O2S/c10-9(11)6-8-4-2-1-3-7-5(4)12-6/h1-3H. The van der Waals surface area contributed by atoms with Crippen LogP contribution < -0.4 is 0 Å². The molecule has 0 atom stereocenters. The SMILES string of the molecule is O=[N+]([O-])c1nc2cccnc2s1. The zero-order chi connectivity index (χ0) is 8.55. The average molecular weight is 181 g/mol. The van der Waals surface area contributed by atoms with E-state index >= 15 is 0 Å². The van der Waals surface area contributed by atoms with Crippen molar-refractivity contribution in [3.63, 3.8) is 0 Å². The Labute approximate surface area is 70.8 Å². The van der Waals surface area contributed by atoms with Crippen molar-refractivity contribution in [1.82, 2.24) is 9.97 Å². The summed E-state index contributed by atoms with van der Waals surface area (Å²) in [5.41, 5.74) is 0.578. The molecule has 2 heterocycles. The van der Waals surface area contributed by atoms with E-state index in [1.807, 2.05) is 0 Å². The number of thiazole rings is 1. The third-order valence-corrected chi connectivity index (χ3v) is 2.24. The molecule has 2 aromatic heterocycles. The van der Waals surface area contributed by atoms with Gasteiger partial charge in [-0.2, -0.15) is 0 Å². The van der Waals surface area contributed by atoms with Crippen molar-refractivity contribution in [2.75, 3.05) is 0 Å². The number of hydrogen-bond acceptors (Lipinski definition) is 5. The summed E-state index contributed by atoms with van der Waals surface area (Å²) in [7, 11) is 0. The van der Waals surface area contributed by atoms with E-state index in [9.17, 15) is 10.1 Å². The Hall–Kier alpha value is -1.56. The smallest absolute Gasteiger partial charge is 0.357 e. The normalized spacial score (nSPS) is 10.3. The van der Waals surface area contributed by atoms with Crippen LogP contribution in [0.15, 0.2) is 18.3 Å². The summed E-state index contributed by atoms with van der Waals surface area (Å²) in [5.74, 6) is 0. The second-order valence-corrected chi connectivity index (χ2v) is 3.04. The highest BCUT2D eigenvalue weighted by Gasteiger charge is 2.14. The quantitative estimate of drug-likeness (QED) is 0.495. The summed E-state index contributed by atoms with van der Waals surface area (Å²) in [5, 5.41) is 10.2. The maximum atomic E-state index is 10.3. The van der Waals surface area contributed by atoms with Crippen LogP contribution >= 0.6 is 11.3 Å². The van der Waals surface area contributed by atoms with Crippen LogP contribution in [0.5, 0.6) is 0 Å². The van der Waals surface area contributed by atoms with Gasteiger partial charge in [0.05, 0.1) is 0 Å². The second kappa shape index (κ2) is 2.49. The Bertz CT molecular complexity index is 406. The lowest BCUT2D eigenvalue weighted by molar-refractivity contribution is -0.384. The van der Waals surface area contributed by atoms with Crippen molar-refractivity contribution in [3.8, 4) is 0 Å². The molecule has 60 valence electrons. The van der Waals surface area contributed by atoms with Gasteiger partial charge in [-0.1, -0.05) is 0 Å². The summed E-state index contributed by atoms with van der Waals surface area (Å²) in [4.78, 5) is 18.1. The Kier molecular flexibility index (Phi) is 1.47. The first-order valence-corrected chi connectivity index (χ1v) is 3.95. The van der Waals surface area contributed by atoms with Gasteiger partial charge in [-0.25, -0.2) is 4.98 Å². The van der Waals surface area contributed by atoms with Crippen LogP contribution in [0, 0.1) is 10.1 Å². The van der Waals surface area contributed by atoms with Crippen molar-refractivity contribution in [2.45, 2.75) is 0 Å². The average Bonchev–Trinajstić information content (AvgIpc) is 2.46. The van der Waals surface area contributed by atoms with Gasteiger partial charge in [0.15, 0.2) is 4.83 Å². The van der Waals surface area contributed by atoms with Gasteiger partial charge < -0.3 is 10.1 Å². The van der Waals surface area contributed by atoms with Gasteiger partial charge in [0.2, 0.25) is 5.52 Å². The lowest BCUT2D eigenvalue weighted by Gasteiger charge is -1.80. The molecule has 5 nitrogen and oxygen atoms in total. The van der Waals surface area contributed by atoms with Gasteiger partial charge in [0.25, 0.3) is 0 Å². The van der Waals surface area contributed by atoms with Crippen LogP contribution in [0.1, 0.15) is 0 Å². The molecule has 0 saturated heterocycles. The van der Waals surface area contributed by atoms with Crippen LogP contribution in [-0.2, 0) is 0 Å². The van der Waals surface area contributed by atoms with E-state index in [4.69, 9.17) is 0 Å². The number of aromatic nitrogens is 2. The van der Waals surface area contributed by atoms with Gasteiger partial charge in [-0.3, -0.25) is 0 Å². The van der Waals surface area contributed by atoms with E-state index in [1.165, 1.54) is 0 Å². The Morgan fingerprint density at radius 2 is 2.42 bits per heavy atom. The molecular weight excluding hydrogens is 178 g/mol. The summed E-state index contributed by atoms with van der Waals surface area (Å²) < 4.78 is 0.